The molecule has 0 aromatic heterocycles. The summed E-state index contributed by atoms with van der Waals surface area (Å²) >= 11 is 0. The van der Waals surface area contributed by atoms with Gasteiger partial charge in [0.25, 0.3) is 0 Å². The van der Waals surface area contributed by atoms with Gasteiger partial charge in [-0.2, -0.15) is 0 Å². The van der Waals surface area contributed by atoms with Crippen LogP contribution in [-0.4, -0.2) is 18.7 Å². The molecule has 2 N–H and O–H groups in total. The zero-order chi connectivity index (χ0) is 14.8. The first-order chi connectivity index (χ1) is 8.69. The first-order valence-corrected chi connectivity index (χ1v) is 6.68. The van der Waals surface area contributed by atoms with Crippen LogP contribution in [0.3, 0.4) is 0 Å². The number of halogens is 1. The summed E-state index contributed by atoms with van der Waals surface area (Å²) in [4.78, 5) is 2.06. The number of anilines is 2. The molecule has 0 fully saturated rings. The largest absolute Gasteiger partial charge is 0.488 e. The second-order valence-electron chi connectivity index (χ2n) is 5.73. The molecule has 0 heterocycles. The summed E-state index contributed by atoms with van der Waals surface area (Å²) in [6.45, 7) is 10.1. The minimum atomic E-state index is -0.419. The lowest BCUT2D eigenvalue weighted by molar-refractivity contribution is 0.231. The number of nitrogens with zero attached hydrogens (tertiary/aromatic N) is 1. The van der Waals surface area contributed by atoms with Crippen molar-refractivity contribution in [1.29, 1.82) is 0 Å². The Morgan fingerprint density at radius 2 is 1.95 bits per heavy atom. The number of nitrogens with two attached hydrogens (primary N) is 1. The van der Waals surface area contributed by atoms with Crippen LogP contribution in [0.2, 0.25) is 0 Å². The van der Waals surface area contributed by atoms with E-state index in [1.165, 1.54) is 6.07 Å². The standard InChI is InChI=1S/C15H25FN2O/c1-7-15(4,5)18(6)13-9-14(19-10(2)3)11(16)8-12(13)17/h8-10H,7,17H2,1-6H3. The molecule has 0 bridgehead atoms. The highest BCUT2D eigenvalue weighted by Crippen LogP contribution is 2.35. The van der Waals surface area contributed by atoms with Crippen LogP contribution in [0, 0.1) is 5.82 Å². The molecule has 0 saturated carbocycles. The number of ether oxygens (including phenoxy) is 1. The number of nitrogen functional groups attached to an aromatic ring is 1. The van der Waals surface area contributed by atoms with Crippen LogP contribution in [0.15, 0.2) is 12.1 Å². The maximum absolute atomic E-state index is 13.8. The van der Waals surface area contributed by atoms with Crippen molar-refractivity contribution in [2.75, 3.05) is 17.7 Å². The van der Waals surface area contributed by atoms with Gasteiger partial charge in [0, 0.05) is 24.7 Å². The van der Waals surface area contributed by atoms with Gasteiger partial charge in [0.1, 0.15) is 0 Å². The highest BCUT2D eigenvalue weighted by molar-refractivity contribution is 5.70. The van der Waals surface area contributed by atoms with Crippen LogP contribution in [-0.2, 0) is 0 Å². The zero-order valence-corrected chi connectivity index (χ0v) is 12.7. The fourth-order valence-corrected chi connectivity index (χ4v) is 1.76. The van der Waals surface area contributed by atoms with E-state index in [0.717, 1.165) is 12.1 Å². The summed E-state index contributed by atoms with van der Waals surface area (Å²) in [6, 6.07) is 3.01. The van der Waals surface area contributed by atoms with E-state index in [9.17, 15) is 4.39 Å². The summed E-state index contributed by atoms with van der Waals surface area (Å²) in [5, 5.41) is 0. The fourth-order valence-electron chi connectivity index (χ4n) is 1.76. The van der Waals surface area contributed by atoms with Gasteiger partial charge in [0.05, 0.1) is 17.5 Å². The van der Waals surface area contributed by atoms with Crippen molar-refractivity contribution in [2.45, 2.75) is 52.7 Å². The van der Waals surface area contributed by atoms with Gasteiger partial charge in [-0.1, -0.05) is 6.92 Å². The van der Waals surface area contributed by atoms with E-state index < -0.39 is 5.82 Å². The van der Waals surface area contributed by atoms with Crippen molar-refractivity contribution in [1.82, 2.24) is 0 Å². The minimum Gasteiger partial charge on any atom is -0.488 e. The molecule has 108 valence electrons. The van der Waals surface area contributed by atoms with E-state index in [0.29, 0.717) is 5.69 Å². The van der Waals surface area contributed by atoms with E-state index in [4.69, 9.17) is 10.5 Å². The highest BCUT2D eigenvalue weighted by atomic mass is 19.1. The molecule has 0 aliphatic rings. The molecule has 0 radical (unpaired) electrons. The van der Waals surface area contributed by atoms with Gasteiger partial charge >= 0.3 is 0 Å². The molecule has 0 amide bonds. The average Bonchev–Trinajstić information content (AvgIpc) is 2.31. The van der Waals surface area contributed by atoms with Gasteiger partial charge in [-0.3, -0.25) is 0 Å². The molecule has 4 heteroatoms. The normalized spacial score (nSPS) is 11.8. The number of hydrogen-bond donors (Lipinski definition) is 1. The third kappa shape index (κ3) is 3.52. The van der Waals surface area contributed by atoms with E-state index >= 15 is 0 Å². The van der Waals surface area contributed by atoms with E-state index in [1.807, 2.05) is 20.9 Å². The zero-order valence-electron chi connectivity index (χ0n) is 12.7. The summed E-state index contributed by atoms with van der Waals surface area (Å²) in [5.41, 5.74) is 7.11. The third-order valence-corrected chi connectivity index (χ3v) is 3.58. The molecular weight excluding hydrogens is 243 g/mol. The first kappa shape index (κ1) is 15.6. The monoisotopic (exact) mass is 268 g/mol. The van der Waals surface area contributed by atoms with Crippen LogP contribution < -0.4 is 15.4 Å². The molecule has 0 spiro atoms. The predicted octanol–water partition coefficient (Wildman–Crippen LogP) is 3.82. The third-order valence-electron chi connectivity index (χ3n) is 3.58. The molecule has 0 aliphatic heterocycles. The topological polar surface area (TPSA) is 38.5 Å². The maximum Gasteiger partial charge on any atom is 0.167 e. The lowest BCUT2D eigenvalue weighted by Crippen LogP contribution is -2.41. The van der Waals surface area contributed by atoms with Gasteiger partial charge in [-0.25, -0.2) is 4.39 Å². The molecule has 1 aromatic rings. The fraction of sp³-hybridized carbons (Fsp3) is 0.600. The molecule has 1 rings (SSSR count). The van der Waals surface area contributed by atoms with Crippen molar-refractivity contribution in [3.63, 3.8) is 0 Å². The van der Waals surface area contributed by atoms with Crippen LogP contribution in [0.4, 0.5) is 15.8 Å². The van der Waals surface area contributed by atoms with Crippen molar-refractivity contribution in [3.05, 3.63) is 17.9 Å². The van der Waals surface area contributed by atoms with Crippen LogP contribution in [0.1, 0.15) is 41.0 Å². The minimum absolute atomic E-state index is 0.0545. The Hall–Kier alpha value is -1.45. The van der Waals surface area contributed by atoms with Crippen LogP contribution in [0.25, 0.3) is 0 Å². The van der Waals surface area contributed by atoms with Gasteiger partial charge in [-0.05, 0) is 34.1 Å². The molecule has 1 aromatic carbocycles. The lowest BCUT2D eigenvalue weighted by atomic mass is 9.98. The smallest absolute Gasteiger partial charge is 0.167 e. The molecule has 0 saturated heterocycles. The van der Waals surface area contributed by atoms with E-state index in [2.05, 4.69) is 25.7 Å². The quantitative estimate of drug-likeness (QED) is 0.825. The number of hydrogen-bond acceptors (Lipinski definition) is 3. The molecule has 0 unspecified atom stereocenters. The summed E-state index contributed by atoms with van der Waals surface area (Å²) < 4.78 is 19.3. The van der Waals surface area contributed by atoms with Crippen molar-refractivity contribution < 1.29 is 9.13 Å². The molecule has 0 aliphatic carbocycles. The van der Waals surface area contributed by atoms with Gasteiger partial charge in [-0.15, -0.1) is 0 Å². The predicted molar refractivity (Wildman–Crippen MR) is 79.3 cm³/mol. The summed E-state index contributed by atoms with van der Waals surface area (Å²) in [7, 11) is 1.96. The van der Waals surface area contributed by atoms with Crippen molar-refractivity contribution in [3.8, 4) is 5.75 Å². The first-order valence-electron chi connectivity index (χ1n) is 6.68. The lowest BCUT2D eigenvalue weighted by Gasteiger charge is -2.37. The van der Waals surface area contributed by atoms with Crippen molar-refractivity contribution in [2.24, 2.45) is 0 Å². The molecule has 3 nitrogen and oxygen atoms in total. The molecule has 0 atom stereocenters. The Balaban J connectivity index is 3.21. The Bertz CT molecular complexity index is 444. The van der Waals surface area contributed by atoms with Gasteiger partial charge in [0.15, 0.2) is 11.6 Å². The Morgan fingerprint density at radius 3 is 2.42 bits per heavy atom. The highest BCUT2D eigenvalue weighted by Gasteiger charge is 2.24. The Labute approximate surface area is 115 Å². The van der Waals surface area contributed by atoms with Crippen LogP contribution in [0.5, 0.6) is 5.75 Å². The Morgan fingerprint density at radius 1 is 1.37 bits per heavy atom. The van der Waals surface area contributed by atoms with E-state index in [-0.39, 0.29) is 17.4 Å². The second-order valence-corrected chi connectivity index (χ2v) is 5.73. The molecular formula is C15H25FN2O. The van der Waals surface area contributed by atoms with Gasteiger partial charge in [0.2, 0.25) is 0 Å². The van der Waals surface area contributed by atoms with E-state index in [1.54, 1.807) is 6.07 Å². The summed E-state index contributed by atoms with van der Waals surface area (Å²) in [6.07, 6.45) is 0.885. The van der Waals surface area contributed by atoms with Crippen molar-refractivity contribution >= 4 is 11.4 Å². The average molecular weight is 268 g/mol. The molecule has 19 heavy (non-hydrogen) atoms. The summed E-state index contributed by atoms with van der Waals surface area (Å²) in [5.74, 6) is -0.171. The number of benzene rings is 1. The number of rotatable bonds is 5. The SMILES string of the molecule is CCC(C)(C)N(C)c1cc(OC(C)C)c(F)cc1N. The van der Waals surface area contributed by atoms with Gasteiger partial charge < -0.3 is 15.4 Å². The maximum atomic E-state index is 13.8. The van der Waals surface area contributed by atoms with Crippen LogP contribution >= 0.6 is 0 Å². The second kappa shape index (κ2) is 5.68. The Kier molecular flexibility index (Phi) is 4.66.